The van der Waals surface area contributed by atoms with Gasteiger partial charge < -0.3 is 15.1 Å². The van der Waals surface area contributed by atoms with Crippen LogP contribution < -0.4 is 4.90 Å². The Hall–Kier alpha value is -1.07. The number of carbonyl (C=O) groups is 1. The number of nitrogens with zero attached hydrogens (tertiary/aromatic N) is 1. The molecule has 0 amide bonds. The summed E-state index contributed by atoms with van der Waals surface area (Å²) >= 11 is 1.29. The van der Waals surface area contributed by atoms with Gasteiger partial charge in [0.25, 0.3) is 0 Å². The number of hydrogen-bond donors (Lipinski definition) is 2. The largest absolute Gasteiger partial charge is 0.477 e. The maximum atomic E-state index is 10.7. The van der Waals surface area contributed by atoms with Crippen molar-refractivity contribution in [2.45, 2.75) is 18.9 Å². The Morgan fingerprint density at radius 1 is 1.40 bits per heavy atom. The smallest absolute Gasteiger partial charge is 0.345 e. The van der Waals surface area contributed by atoms with Gasteiger partial charge in [-0.25, -0.2) is 4.79 Å². The highest BCUT2D eigenvalue weighted by atomic mass is 32.1. The van der Waals surface area contributed by atoms with Crippen LogP contribution in [-0.4, -0.2) is 35.4 Å². The van der Waals surface area contributed by atoms with Crippen molar-refractivity contribution >= 4 is 22.3 Å². The molecular weight excluding hydrogens is 214 g/mol. The van der Waals surface area contributed by atoms with E-state index in [-0.39, 0.29) is 6.10 Å². The van der Waals surface area contributed by atoms with Crippen molar-refractivity contribution in [1.29, 1.82) is 0 Å². The maximum absolute atomic E-state index is 10.7. The molecule has 1 aliphatic rings. The van der Waals surface area contributed by atoms with E-state index in [4.69, 9.17) is 5.11 Å². The fourth-order valence-corrected chi connectivity index (χ4v) is 2.60. The first-order valence-electron chi connectivity index (χ1n) is 4.93. The molecule has 1 fully saturated rings. The number of piperidine rings is 1. The highest BCUT2D eigenvalue weighted by Crippen LogP contribution is 2.28. The third-order valence-corrected chi connectivity index (χ3v) is 3.71. The summed E-state index contributed by atoms with van der Waals surface area (Å²) in [6.45, 7) is 1.61. The number of hydrogen-bond acceptors (Lipinski definition) is 4. The first kappa shape index (κ1) is 10.4. The summed E-state index contributed by atoms with van der Waals surface area (Å²) < 4.78 is 0. The molecule has 2 heterocycles. The minimum atomic E-state index is -0.872. The van der Waals surface area contributed by atoms with Gasteiger partial charge in [-0.15, -0.1) is 11.3 Å². The molecule has 1 aliphatic heterocycles. The number of aliphatic hydroxyl groups is 1. The summed E-state index contributed by atoms with van der Waals surface area (Å²) in [5.74, 6) is -0.872. The van der Waals surface area contributed by atoms with Gasteiger partial charge in [0.15, 0.2) is 0 Å². The normalized spacial score (nSPS) is 18.1. The van der Waals surface area contributed by atoms with E-state index in [1.54, 1.807) is 6.07 Å². The van der Waals surface area contributed by atoms with Crippen molar-refractivity contribution in [2.24, 2.45) is 0 Å². The van der Waals surface area contributed by atoms with Crippen LogP contribution in [0, 0.1) is 0 Å². The van der Waals surface area contributed by atoms with E-state index in [0.29, 0.717) is 4.88 Å². The van der Waals surface area contributed by atoms with E-state index in [1.165, 1.54) is 11.3 Å². The number of thiophene rings is 1. The molecule has 0 spiro atoms. The van der Waals surface area contributed by atoms with Gasteiger partial charge in [-0.2, -0.15) is 0 Å². The van der Waals surface area contributed by atoms with Gasteiger partial charge in [-0.05, 0) is 25.0 Å². The van der Waals surface area contributed by atoms with Gasteiger partial charge in [-0.3, -0.25) is 0 Å². The van der Waals surface area contributed by atoms with Crippen LogP contribution in [-0.2, 0) is 0 Å². The monoisotopic (exact) mass is 227 g/mol. The lowest BCUT2D eigenvalue weighted by Crippen LogP contribution is -2.35. The van der Waals surface area contributed by atoms with E-state index >= 15 is 0 Å². The third kappa shape index (κ3) is 2.30. The van der Waals surface area contributed by atoms with Crippen LogP contribution in [0.25, 0.3) is 0 Å². The Morgan fingerprint density at radius 2 is 2.07 bits per heavy atom. The molecule has 2 rings (SSSR count). The number of aliphatic hydroxyl groups excluding tert-OH is 1. The van der Waals surface area contributed by atoms with Crippen molar-refractivity contribution in [3.05, 3.63) is 17.0 Å². The van der Waals surface area contributed by atoms with Gasteiger partial charge in [0.05, 0.1) is 11.1 Å². The Bertz CT molecular complexity index is 355. The third-order valence-electron chi connectivity index (χ3n) is 2.58. The second kappa shape index (κ2) is 4.20. The SMILES string of the molecule is O=C(O)c1ccc(N2CCC(O)CC2)s1. The van der Waals surface area contributed by atoms with Crippen LogP contribution in [0.4, 0.5) is 5.00 Å². The van der Waals surface area contributed by atoms with E-state index in [9.17, 15) is 9.90 Å². The molecule has 5 heteroatoms. The Balaban J connectivity index is 2.06. The standard InChI is InChI=1S/C10H13NO3S/c12-7-3-5-11(6-4-7)9-2-1-8(15-9)10(13)14/h1-2,7,12H,3-6H2,(H,13,14). The van der Waals surface area contributed by atoms with Crippen LogP contribution >= 0.6 is 11.3 Å². The molecule has 2 N–H and O–H groups in total. The minimum Gasteiger partial charge on any atom is -0.477 e. The van der Waals surface area contributed by atoms with Gasteiger partial charge in [0, 0.05) is 13.1 Å². The van der Waals surface area contributed by atoms with Crippen LogP contribution in [0.3, 0.4) is 0 Å². The molecule has 4 nitrogen and oxygen atoms in total. The van der Waals surface area contributed by atoms with Crippen LogP contribution in [0.5, 0.6) is 0 Å². The number of aromatic carboxylic acids is 1. The molecule has 1 saturated heterocycles. The fourth-order valence-electron chi connectivity index (χ4n) is 1.70. The predicted octanol–water partition coefficient (Wildman–Crippen LogP) is 1.41. The fraction of sp³-hybridized carbons (Fsp3) is 0.500. The van der Waals surface area contributed by atoms with Gasteiger partial charge >= 0.3 is 5.97 Å². The van der Waals surface area contributed by atoms with Crippen molar-refractivity contribution in [3.8, 4) is 0 Å². The molecule has 82 valence electrons. The molecule has 1 aromatic rings. The van der Waals surface area contributed by atoms with Crippen LogP contribution in [0.15, 0.2) is 12.1 Å². The number of rotatable bonds is 2. The molecule has 0 saturated carbocycles. The average molecular weight is 227 g/mol. The van der Waals surface area contributed by atoms with Crippen molar-refractivity contribution in [3.63, 3.8) is 0 Å². The maximum Gasteiger partial charge on any atom is 0.345 e. The topological polar surface area (TPSA) is 60.8 Å². The molecule has 0 unspecified atom stereocenters. The number of carboxylic acid groups (broad SMARTS) is 1. The first-order valence-corrected chi connectivity index (χ1v) is 5.74. The summed E-state index contributed by atoms with van der Waals surface area (Å²) in [7, 11) is 0. The zero-order chi connectivity index (χ0) is 10.8. The van der Waals surface area contributed by atoms with E-state index in [1.807, 2.05) is 6.07 Å². The van der Waals surface area contributed by atoms with E-state index < -0.39 is 5.97 Å². The minimum absolute atomic E-state index is 0.194. The predicted molar refractivity (Wildman–Crippen MR) is 58.7 cm³/mol. The molecule has 0 aromatic carbocycles. The summed E-state index contributed by atoms with van der Waals surface area (Å²) in [5, 5.41) is 19.1. The second-order valence-electron chi connectivity index (χ2n) is 3.66. The zero-order valence-corrected chi connectivity index (χ0v) is 9.04. The summed E-state index contributed by atoms with van der Waals surface area (Å²) in [6.07, 6.45) is 1.33. The summed E-state index contributed by atoms with van der Waals surface area (Å²) in [6, 6.07) is 3.47. The van der Waals surface area contributed by atoms with Gasteiger partial charge in [0.1, 0.15) is 4.88 Å². The van der Waals surface area contributed by atoms with Crippen molar-refractivity contribution in [1.82, 2.24) is 0 Å². The Labute approximate surface area is 91.8 Å². The van der Waals surface area contributed by atoms with Crippen molar-refractivity contribution < 1.29 is 15.0 Å². The number of carboxylic acids is 1. The lowest BCUT2D eigenvalue weighted by molar-refractivity contribution is 0.0702. The summed E-state index contributed by atoms with van der Waals surface area (Å²) in [4.78, 5) is 13.2. The van der Waals surface area contributed by atoms with Crippen LogP contribution in [0.1, 0.15) is 22.5 Å². The Kier molecular flexibility index (Phi) is 2.93. The zero-order valence-electron chi connectivity index (χ0n) is 8.22. The van der Waals surface area contributed by atoms with E-state index in [0.717, 1.165) is 30.9 Å². The molecule has 0 bridgehead atoms. The molecule has 0 radical (unpaired) electrons. The highest BCUT2D eigenvalue weighted by molar-refractivity contribution is 7.17. The average Bonchev–Trinajstić information content (AvgIpc) is 2.68. The van der Waals surface area contributed by atoms with Crippen LogP contribution in [0.2, 0.25) is 0 Å². The Morgan fingerprint density at radius 3 is 2.60 bits per heavy atom. The molecule has 0 aliphatic carbocycles. The lowest BCUT2D eigenvalue weighted by atomic mass is 10.1. The molecule has 0 atom stereocenters. The van der Waals surface area contributed by atoms with E-state index in [2.05, 4.69) is 4.90 Å². The quantitative estimate of drug-likeness (QED) is 0.802. The number of anilines is 1. The molecule has 1 aromatic heterocycles. The molecule has 15 heavy (non-hydrogen) atoms. The highest BCUT2D eigenvalue weighted by Gasteiger charge is 2.19. The van der Waals surface area contributed by atoms with Crippen molar-refractivity contribution in [2.75, 3.05) is 18.0 Å². The second-order valence-corrected chi connectivity index (χ2v) is 4.72. The van der Waals surface area contributed by atoms with Gasteiger partial charge in [0.2, 0.25) is 0 Å². The summed E-state index contributed by atoms with van der Waals surface area (Å²) in [5.41, 5.74) is 0. The van der Waals surface area contributed by atoms with Gasteiger partial charge in [-0.1, -0.05) is 0 Å². The molecular formula is C10H13NO3S. The first-order chi connectivity index (χ1) is 7.16. The lowest BCUT2D eigenvalue weighted by Gasteiger charge is -2.30.